The van der Waals surface area contributed by atoms with Gasteiger partial charge < -0.3 is 14.4 Å². The lowest BCUT2D eigenvalue weighted by molar-refractivity contribution is -0.906. The van der Waals surface area contributed by atoms with E-state index in [0.717, 1.165) is 53.5 Å². The summed E-state index contributed by atoms with van der Waals surface area (Å²) < 4.78 is 11.5. The number of halogens is 1. The number of carbonyl (C=O) groups excluding carboxylic acids is 1. The Labute approximate surface area is 166 Å². The molecule has 0 aromatic heterocycles. The Morgan fingerprint density at radius 1 is 1.19 bits per heavy atom. The number of hydrogen-bond acceptors (Lipinski definition) is 4. The predicted molar refractivity (Wildman–Crippen MR) is 107 cm³/mol. The number of hydrogen-bond donors (Lipinski definition) is 1. The van der Waals surface area contributed by atoms with Crippen LogP contribution in [0.15, 0.2) is 51.9 Å². The maximum Gasteiger partial charge on any atom is 0.281 e. The van der Waals surface area contributed by atoms with E-state index in [1.807, 2.05) is 47.4 Å². The lowest BCUT2D eigenvalue weighted by Gasteiger charge is -2.28. The minimum atomic E-state index is -0.0575. The average Bonchev–Trinajstić information content (AvgIpc) is 2.94. The zero-order valence-corrected chi connectivity index (χ0v) is 16.7. The van der Waals surface area contributed by atoms with Crippen molar-refractivity contribution in [1.82, 2.24) is 0 Å². The standard InChI is InChI=1S/C20H20BrN3O3/c1-26-16-5-3-15(4-6-16)22-19-17-12-14(21)2-7-18(17)24(20(19)25)13-23-8-10-27-11-9-23/h2-7,12H,8-11,13H2,1H3/p+1. The zero-order valence-electron chi connectivity index (χ0n) is 15.1. The van der Waals surface area contributed by atoms with Crippen molar-refractivity contribution in [3.63, 3.8) is 0 Å². The van der Waals surface area contributed by atoms with Gasteiger partial charge in [-0.1, -0.05) is 15.9 Å². The van der Waals surface area contributed by atoms with Crippen molar-refractivity contribution in [2.24, 2.45) is 4.99 Å². The second-order valence-corrected chi connectivity index (χ2v) is 7.49. The summed E-state index contributed by atoms with van der Waals surface area (Å²) in [5.41, 5.74) is 2.97. The molecule has 2 aromatic rings. The van der Waals surface area contributed by atoms with Gasteiger partial charge in [0.05, 0.1) is 31.7 Å². The molecule has 0 spiro atoms. The van der Waals surface area contributed by atoms with Crippen LogP contribution in [0.5, 0.6) is 5.75 Å². The number of anilines is 1. The second kappa shape index (κ2) is 7.80. The number of nitrogens with one attached hydrogen (secondary N) is 1. The van der Waals surface area contributed by atoms with Crippen LogP contribution in [0, 0.1) is 0 Å². The fourth-order valence-corrected chi connectivity index (χ4v) is 3.74. The van der Waals surface area contributed by atoms with Crippen LogP contribution in [-0.2, 0) is 9.53 Å². The third-order valence-corrected chi connectivity index (χ3v) is 5.34. The number of aliphatic imine (C=N–C) groups is 1. The number of nitrogens with zero attached hydrogens (tertiary/aromatic N) is 2. The number of rotatable bonds is 4. The summed E-state index contributed by atoms with van der Waals surface area (Å²) in [6.07, 6.45) is 0. The molecule has 0 aliphatic carbocycles. The first-order valence-electron chi connectivity index (χ1n) is 8.91. The van der Waals surface area contributed by atoms with Crippen LogP contribution in [0.4, 0.5) is 11.4 Å². The van der Waals surface area contributed by atoms with Crippen LogP contribution in [-0.4, -0.2) is 51.7 Å². The predicted octanol–water partition coefficient (Wildman–Crippen LogP) is 1.80. The molecule has 2 aliphatic heterocycles. The van der Waals surface area contributed by atoms with Crippen LogP contribution in [0.3, 0.4) is 0 Å². The molecule has 0 unspecified atom stereocenters. The largest absolute Gasteiger partial charge is 0.497 e. The van der Waals surface area contributed by atoms with Crippen LogP contribution >= 0.6 is 15.9 Å². The highest BCUT2D eigenvalue weighted by molar-refractivity contribution is 9.10. The Hall–Kier alpha value is -2.22. The molecule has 1 saturated heterocycles. The molecule has 1 fully saturated rings. The third kappa shape index (κ3) is 3.76. The lowest BCUT2D eigenvalue weighted by atomic mass is 10.1. The molecule has 7 heteroatoms. The van der Waals surface area contributed by atoms with Gasteiger partial charge in [-0.15, -0.1) is 0 Å². The fraction of sp³-hybridized carbons (Fsp3) is 0.300. The van der Waals surface area contributed by atoms with Crippen molar-refractivity contribution >= 4 is 38.9 Å². The number of methoxy groups -OCH3 is 1. The normalized spacial score (nSPS) is 18.8. The van der Waals surface area contributed by atoms with Crippen LogP contribution in [0.1, 0.15) is 5.56 Å². The topological polar surface area (TPSA) is 55.6 Å². The van der Waals surface area contributed by atoms with Gasteiger partial charge in [0, 0.05) is 10.0 Å². The van der Waals surface area contributed by atoms with E-state index in [4.69, 9.17) is 9.47 Å². The minimum Gasteiger partial charge on any atom is -0.497 e. The molecule has 2 aromatic carbocycles. The monoisotopic (exact) mass is 430 g/mol. The van der Waals surface area contributed by atoms with E-state index in [1.54, 1.807) is 7.11 Å². The average molecular weight is 431 g/mol. The van der Waals surface area contributed by atoms with Crippen molar-refractivity contribution in [1.29, 1.82) is 0 Å². The molecule has 0 saturated carbocycles. The smallest absolute Gasteiger partial charge is 0.281 e. The first kappa shape index (κ1) is 18.2. The maximum atomic E-state index is 13.2. The highest BCUT2D eigenvalue weighted by Crippen LogP contribution is 2.32. The van der Waals surface area contributed by atoms with E-state index >= 15 is 0 Å². The molecule has 1 N–H and O–H groups in total. The molecule has 140 valence electrons. The third-order valence-electron chi connectivity index (χ3n) is 4.85. The number of fused-ring (bicyclic) bond motifs is 1. The molecular weight excluding hydrogens is 410 g/mol. The lowest BCUT2D eigenvalue weighted by Crippen LogP contribution is -3.15. The molecule has 2 aliphatic rings. The Bertz CT molecular complexity index is 877. The van der Waals surface area contributed by atoms with Crippen LogP contribution in [0.25, 0.3) is 0 Å². The quantitative estimate of drug-likeness (QED) is 0.804. The summed E-state index contributed by atoms with van der Waals surface area (Å²) in [5.74, 6) is 0.704. The number of quaternary nitrogens is 1. The zero-order chi connectivity index (χ0) is 18.8. The molecule has 2 heterocycles. The van der Waals surface area contributed by atoms with E-state index in [1.165, 1.54) is 4.90 Å². The van der Waals surface area contributed by atoms with Crippen LogP contribution < -0.4 is 14.5 Å². The summed E-state index contributed by atoms with van der Waals surface area (Å²) in [6, 6.07) is 13.3. The van der Waals surface area contributed by atoms with Gasteiger partial charge in [0.15, 0.2) is 6.67 Å². The van der Waals surface area contributed by atoms with Crippen molar-refractivity contribution in [3.8, 4) is 5.75 Å². The molecular formula is C20H21BrN3O3+. The summed E-state index contributed by atoms with van der Waals surface area (Å²) >= 11 is 3.51. The fourth-order valence-electron chi connectivity index (χ4n) is 3.38. The first-order chi connectivity index (χ1) is 13.2. The van der Waals surface area contributed by atoms with Gasteiger partial charge in [-0.3, -0.25) is 9.69 Å². The number of benzene rings is 2. The Kier molecular flexibility index (Phi) is 5.24. The molecule has 0 radical (unpaired) electrons. The molecule has 0 bridgehead atoms. The van der Waals surface area contributed by atoms with Gasteiger partial charge in [0.2, 0.25) is 0 Å². The van der Waals surface area contributed by atoms with Crippen molar-refractivity contribution < 1.29 is 19.2 Å². The Morgan fingerprint density at radius 2 is 1.93 bits per heavy atom. The molecule has 27 heavy (non-hydrogen) atoms. The van der Waals surface area contributed by atoms with Gasteiger partial charge in [-0.2, -0.15) is 0 Å². The number of carbonyl (C=O) groups is 1. The summed E-state index contributed by atoms with van der Waals surface area (Å²) in [6.45, 7) is 3.90. The van der Waals surface area contributed by atoms with Gasteiger partial charge in [-0.05, 0) is 42.5 Å². The summed E-state index contributed by atoms with van der Waals surface area (Å²) in [4.78, 5) is 21.0. The Morgan fingerprint density at radius 3 is 2.63 bits per heavy atom. The molecule has 6 nitrogen and oxygen atoms in total. The second-order valence-electron chi connectivity index (χ2n) is 6.57. The number of morpholine rings is 1. The van der Waals surface area contributed by atoms with Gasteiger partial charge in [0.25, 0.3) is 5.91 Å². The highest BCUT2D eigenvalue weighted by Gasteiger charge is 2.36. The molecule has 1 amide bonds. The SMILES string of the molecule is COc1ccc(N=C2C(=O)N(C[NH+]3CCOCC3)c3ccc(Br)cc32)cc1. The van der Waals surface area contributed by atoms with Gasteiger partial charge in [0.1, 0.15) is 24.6 Å². The highest BCUT2D eigenvalue weighted by atomic mass is 79.9. The first-order valence-corrected chi connectivity index (χ1v) is 9.71. The summed E-state index contributed by atoms with van der Waals surface area (Å²) in [7, 11) is 1.63. The van der Waals surface area contributed by atoms with E-state index < -0.39 is 0 Å². The number of amides is 1. The minimum absolute atomic E-state index is 0.0575. The van der Waals surface area contributed by atoms with Gasteiger partial charge >= 0.3 is 0 Å². The van der Waals surface area contributed by atoms with Crippen molar-refractivity contribution in [2.75, 3.05) is 45.0 Å². The Balaban J connectivity index is 1.68. The van der Waals surface area contributed by atoms with Crippen molar-refractivity contribution in [2.45, 2.75) is 0 Å². The van der Waals surface area contributed by atoms with E-state index in [0.29, 0.717) is 12.4 Å². The van der Waals surface area contributed by atoms with Gasteiger partial charge in [-0.25, -0.2) is 4.99 Å². The van der Waals surface area contributed by atoms with Crippen molar-refractivity contribution in [3.05, 3.63) is 52.5 Å². The van der Waals surface area contributed by atoms with E-state index in [-0.39, 0.29) is 5.91 Å². The molecule has 0 atom stereocenters. The van der Waals surface area contributed by atoms with E-state index in [9.17, 15) is 4.79 Å². The van der Waals surface area contributed by atoms with Crippen LogP contribution in [0.2, 0.25) is 0 Å². The maximum absolute atomic E-state index is 13.2. The summed E-state index contributed by atoms with van der Waals surface area (Å²) in [5, 5.41) is 0. The van der Waals surface area contributed by atoms with E-state index in [2.05, 4.69) is 20.9 Å². The molecule has 4 rings (SSSR count). The number of ether oxygens (including phenoxy) is 2.